The first-order valence-corrected chi connectivity index (χ1v) is 32.6. The number of aliphatic hydroxyl groups excluding tert-OH is 1. The average molecular weight is 1050 g/mol. The molecule has 0 radical (unpaired) electrons. The summed E-state index contributed by atoms with van der Waals surface area (Å²) in [5.74, 6) is -0.209. The van der Waals surface area contributed by atoms with Gasteiger partial charge in [0.05, 0.1) is 39.9 Å². The number of aliphatic hydroxyl groups is 1. The number of amides is 1. The van der Waals surface area contributed by atoms with E-state index < -0.39 is 26.6 Å². The predicted octanol–water partition coefficient (Wildman–Crippen LogP) is 18.6. The molecule has 0 aromatic carbocycles. The van der Waals surface area contributed by atoms with Gasteiger partial charge in [-0.05, 0) is 77.0 Å². The Balaban J connectivity index is 3.95. The molecule has 0 spiro atoms. The molecule has 8 nitrogen and oxygen atoms in total. The molecule has 73 heavy (non-hydrogen) atoms. The molecule has 0 aliphatic heterocycles. The molecule has 0 fully saturated rings. The molecule has 0 bridgehead atoms. The van der Waals surface area contributed by atoms with Gasteiger partial charge in [-0.3, -0.25) is 9.36 Å². The van der Waals surface area contributed by atoms with Gasteiger partial charge in [-0.1, -0.05) is 267 Å². The van der Waals surface area contributed by atoms with Gasteiger partial charge < -0.3 is 28.8 Å². The van der Waals surface area contributed by atoms with Gasteiger partial charge in [-0.15, -0.1) is 0 Å². The van der Waals surface area contributed by atoms with E-state index in [0.29, 0.717) is 17.4 Å². The number of nitrogens with zero attached hydrogens (tertiary/aromatic N) is 1. The Bertz CT molecular complexity index is 1370. The maximum atomic E-state index is 13.0. The van der Waals surface area contributed by atoms with Crippen molar-refractivity contribution < 1.29 is 32.9 Å². The van der Waals surface area contributed by atoms with Gasteiger partial charge >= 0.3 is 0 Å². The summed E-state index contributed by atoms with van der Waals surface area (Å²) in [6.07, 6.45) is 74.8. The third-order valence-electron chi connectivity index (χ3n) is 13.9. The van der Waals surface area contributed by atoms with Crippen LogP contribution in [0.15, 0.2) is 60.8 Å². The number of rotatable bonds is 57. The molecule has 0 aromatic rings. The number of quaternary nitrogens is 1. The molecule has 9 heteroatoms. The van der Waals surface area contributed by atoms with E-state index in [1.807, 2.05) is 27.2 Å². The minimum Gasteiger partial charge on any atom is -0.756 e. The lowest BCUT2D eigenvalue weighted by atomic mass is 10.0. The average Bonchev–Trinajstić information content (AvgIpc) is 3.35. The number of phosphoric acid groups is 1. The van der Waals surface area contributed by atoms with Gasteiger partial charge in [0.2, 0.25) is 5.91 Å². The van der Waals surface area contributed by atoms with Crippen LogP contribution in [0.1, 0.15) is 290 Å². The lowest BCUT2D eigenvalue weighted by Crippen LogP contribution is -2.45. The van der Waals surface area contributed by atoms with Crippen molar-refractivity contribution in [1.29, 1.82) is 0 Å². The Kier molecular flexibility index (Phi) is 53.6. The highest BCUT2D eigenvalue weighted by atomic mass is 31.2. The summed E-state index contributed by atoms with van der Waals surface area (Å²) >= 11 is 0. The second-order valence-electron chi connectivity index (χ2n) is 22.4. The molecule has 3 unspecified atom stereocenters. The van der Waals surface area contributed by atoms with E-state index in [4.69, 9.17) is 9.05 Å². The van der Waals surface area contributed by atoms with Crippen LogP contribution in [0.3, 0.4) is 0 Å². The van der Waals surface area contributed by atoms with Crippen LogP contribution in [-0.2, 0) is 18.4 Å². The molecule has 0 aliphatic carbocycles. The zero-order chi connectivity index (χ0) is 53.5. The van der Waals surface area contributed by atoms with Crippen molar-refractivity contribution in [3.63, 3.8) is 0 Å². The zero-order valence-electron chi connectivity index (χ0n) is 48.8. The van der Waals surface area contributed by atoms with E-state index in [1.165, 1.54) is 212 Å². The van der Waals surface area contributed by atoms with E-state index >= 15 is 0 Å². The fraction of sp³-hybridized carbons (Fsp3) is 0.828. The van der Waals surface area contributed by atoms with E-state index in [9.17, 15) is 19.4 Å². The fourth-order valence-corrected chi connectivity index (χ4v) is 9.76. The lowest BCUT2D eigenvalue weighted by molar-refractivity contribution is -0.870. The summed E-state index contributed by atoms with van der Waals surface area (Å²) in [6.45, 7) is 4.60. The molecule has 0 rings (SSSR count). The Labute approximate surface area is 453 Å². The summed E-state index contributed by atoms with van der Waals surface area (Å²) in [6, 6.07) is -0.909. The Morgan fingerprint density at radius 2 is 0.808 bits per heavy atom. The summed E-state index contributed by atoms with van der Waals surface area (Å²) in [4.78, 5) is 25.5. The summed E-state index contributed by atoms with van der Waals surface area (Å²) in [5.41, 5.74) is 0. The minimum absolute atomic E-state index is 0.00895. The molecule has 0 saturated heterocycles. The molecule has 0 saturated carbocycles. The van der Waals surface area contributed by atoms with E-state index in [1.54, 1.807) is 6.08 Å². The van der Waals surface area contributed by atoms with Crippen LogP contribution in [0, 0.1) is 0 Å². The molecule has 2 N–H and O–H groups in total. The Morgan fingerprint density at radius 1 is 0.479 bits per heavy atom. The molecule has 1 amide bonds. The fourth-order valence-electron chi connectivity index (χ4n) is 9.04. The minimum atomic E-state index is -4.61. The molecule has 0 heterocycles. The number of carbonyl (C=O) groups is 1. The van der Waals surface area contributed by atoms with Gasteiger partial charge in [0.1, 0.15) is 13.2 Å². The smallest absolute Gasteiger partial charge is 0.268 e. The van der Waals surface area contributed by atoms with Crippen molar-refractivity contribution >= 4 is 13.7 Å². The van der Waals surface area contributed by atoms with E-state index in [2.05, 4.69) is 67.8 Å². The Morgan fingerprint density at radius 3 is 1.21 bits per heavy atom. The van der Waals surface area contributed by atoms with Crippen LogP contribution in [0.25, 0.3) is 0 Å². The quantitative estimate of drug-likeness (QED) is 0.0272. The highest BCUT2D eigenvalue weighted by molar-refractivity contribution is 7.45. The first-order valence-electron chi connectivity index (χ1n) is 31.2. The monoisotopic (exact) mass is 1040 g/mol. The van der Waals surface area contributed by atoms with Crippen LogP contribution in [0.5, 0.6) is 0 Å². The highest BCUT2D eigenvalue weighted by Gasteiger charge is 2.23. The summed E-state index contributed by atoms with van der Waals surface area (Å²) in [7, 11) is 1.24. The van der Waals surface area contributed by atoms with Gasteiger partial charge in [0.15, 0.2) is 0 Å². The third kappa shape index (κ3) is 57.7. The van der Waals surface area contributed by atoms with Gasteiger partial charge in [-0.2, -0.15) is 0 Å². The SMILES string of the molecule is CCCCCC/C=C/CC/C=C/CC/C=C/C(O)C(COP(=O)([O-])OCC[N+](C)(C)C)NC(=O)CCCCCCCCCCCCCCCCCCCCCCCCCCC/C=C\C/C=C\CCCCCCC. The molecule has 0 aromatic heterocycles. The van der Waals surface area contributed by atoms with Crippen LogP contribution < -0.4 is 10.2 Å². The topological polar surface area (TPSA) is 108 Å². The number of nitrogens with one attached hydrogen (secondary N) is 1. The van der Waals surface area contributed by atoms with Crippen molar-refractivity contribution in [2.24, 2.45) is 0 Å². The predicted molar refractivity (Wildman–Crippen MR) is 316 cm³/mol. The van der Waals surface area contributed by atoms with Crippen molar-refractivity contribution in [1.82, 2.24) is 5.32 Å². The van der Waals surface area contributed by atoms with Crippen molar-refractivity contribution in [3.05, 3.63) is 60.8 Å². The van der Waals surface area contributed by atoms with Crippen molar-refractivity contribution in [2.75, 3.05) is 40.9 Å². The normalized spacial score (nSPS) is 14.2. The van der Waals surface area contributed by atoms with Crippen molar-refractivity contribution in [2.45, 2.75) is 302 Å². The van der Waals surface area contributed by atoms with Crippen LogP contribution in [0.2, 0.25) is 0 Å². The third-order valence-corrected chi connectivity index (χ3v) is 14.9. The number of carbonyl (C=O) groups excluding carboxylic acids is 1. The van der Waals surface area contributed by atoms with E-state index in [-0.39, 0.29) is 12.5 Å². The number of phosphoric ester groups is 1. The van der Waals surface area contributed by atoms with E-state index in [0.717, 1.165) is 57.8 Å². The molecular weight excluding hydrogens is 924 g/mol. The molecule has 0 aliphatic rings. The number of hydrogen-bond donors (Lipinski definition) is 2. The first kappa shape index (κ1) is 71.2. The first-order chi connectivity index (χ1) is 35.5. The van der Waals surface area contributed by atoms with Crippen molar-refractivity contribution in [3.8, 4) is 0 Å². The maximum Gasteiger partial charge on any atom is 0.268 e. The number of hydrogen-bond acceptors (Lipinski definition) is 6. The maximum absolute atomic E-state index is 13.0. The number of allylic oxidation sites excluding steroid dienone is 9. The Hall–Kier alpha value is -1.80. The largest absolute Gasteiger partial charge is 0.756 e. The van der Waals surface area contributed by atoms with Gasteiger partial charge in [0, 0.05) is 6.42 Å². The molecular formula is C64H121N2O6P. The second-order valence-corrected chi connectivity index (χ2v) is 23.8. The zero-order valence-corrected chi connectivity index (χ0v) is 49.7. The van der Waals surface area contributed by atoms with Crippen LogP contribution in [0.4, 0.5) is 0 Å². The van der Waals surface area contributed by atoms with Crippen LogP contribution >= 0.6 is 7.82 Å². The standard InChI is InChI=1S/C64H121N2O6P/c1-6-8-10-12-14-16-18-20-22-23-24-25-26-27-28-29-30-31-32-33-34-35-36-37-38-39-40-41-42-43-44-46-48-50-52-54-56-58-64(68)65-62(61-72-73(69,70)71-60-59-66(3,4)5)63(67)57-55-53-51-49-47-45-21-19-17-15-13-11-9-7-2/h17-20,23-24,47,49,55,57,62-63,67H,6-16,21-22,25-46,48,50-54,56,58-61H2,1-5H3,(H-,65,68,69,70)/b19-17+,20-18-,24-23-,49-47+,57-55+. The summed E-state index contributed by atoms with van der Waals surface area (Å²) < 4.78 is 23.3. The summed E-state index contributed by atoms with van der Waals surface area (Å²) in [5, 5.41) is 13.8. The second kappa shape index (κ2) is 55.0. The molecule has 428 valence electrons. The van der Waals surface area contributed by atoms with Gasteiger partial charge in [0.25, 0.3) is 7.82 Å². The number of likely N-dealkylation sites (N-methyl/N-ethyl adjacent to an activating group) is 1. The molecule has 3 atom stereocenters. The lowest BCUT2D eigenvalue weighted by Gasteiger charge is -2.29. The highest BCUT2D eigenvalue weighted by Crippen LogP contribution is 2.38. The number of unbranched alkanes of at least 4 members (excludes halogenated alkanes) is 36. The van der Waals surface area contributed by atoms with Crippen LogP contribution in [-0.4, -0.2) is 68.5 Å². The van der Waals surface area contributed by atoms with Gasteiger partial charge in [-0.25, -0.2) is 0 Å².